The fourth-order valence-corrected chi connectivity index (χ4v) is 6.04. The van der Waals surface area contributed by atoms with Gasteiger partial charge in [0.2, 0.25) is 5.91 Å². The second-order valence-electron chi connectivity index (χ2n) is 8.97. The molecule has 0 unspecified atom stereocenters. The number of carbonyl (C=O) groups is 2. The minimum atomic E-state index is -0.250. The first kappa shape index (κ1) is 21.9. The van der Waals surface area contributed by atoms with Crippen LogP contribution in [0.15, 0.2) is 29.2 Å². The number of fused-ring (bicyclic) bond motifs is 1. The summed E-state index contributed by atoms with van der Waals surface area (Å²) in [6.45, 7) is 4.82. The number of nitrogens with one attached hydrogen (secondary N) is 1. The van der Waals surface area contributed by atoms with Gasteiger partial charge in [-0.1, -0.05) is 0 Å². The van der Waals surface area contributed by atoms with E-state index < -0.39 is 0 Å². The molecule has 0 bridgehead atoms. The number of rotatable bonds is 2. The number of ether oxygens (including phenoxy) is 2. The van der Waals surface area contributed by atoms with Crippen LogP contribution in [0.4, 0.5) is 9.18 Å². The summed E-state index contributed by atoms with van der Waals surface area (Å²) < 4.78 is 27.3. The van der Waals surface area contributed by atoms with Gasteiger partial charge in [0, 0.05) is 44.2 Å². The summed E-state index contributed by atoms with van der Waals surface area (Å²) >= 11 is 1.63. The molecule has 3 amide bonds. The normalized spacial score (nSPS) is 28.3. The SMILES string of the molecule is O=C1CO[C@H]2CCN(C(=O)N3CCC4(CC3)CN(Sc3ccc(F)cc3)CCO4)C[C@H]2N1. The van der Waals surface area contributed by atoms with Crippen LogP contribution < -0.4 is 5.32 Å². The van der Waals surface area contributed by atoms with Crippen LogP contribution in [0, 0.1) is 5.82 Å². The van der Waals surface area contributed by atoms with Crippen molar-refractivity contribution in [1.82, 2.24) is 19.4 Å². The van der Waals surface area contributed by atoms with Crippen molar-refractivity contribution in [3.63, 3.8) is 0 Å². The molecule has 2 atom stereocenters. The average molecular weight is 465 g/mol. The standard InChI is InChI=1S/C22H29FN4O4S/c23-16-1-3-17(4-2-16)32-27-11-12-31-22(15-27)6-9-25(10-7-22)21(29)26-8-5-19-18(13-26)24-20(28)14-30-19/h1-4,18-19H,5-15H2,(H,24,28)/t18-,19+/m1/s1. The van der Waals surface area contributed by atoms with E-state index >= 15 is 0 Å². The lowest BCUT2D eigenvalue weighted by molar-refractivity contribution is -0.140. The highest BCUT2D eigenvalue weighted by Crippen LogP contribution is 2.35. The van der Waals surface area contributed by atoms with Crippen LogP contribution in [0.2, 0.25) is 0 Å². The van der Waals surface area contributed by atoms with E-state index in [-0.39, 0.29) is 42.1 Å². The van der Waals surface area contributed by atoms with E-state index in [0.717, 1.165) is 37.2 Å². The van der Waals surface area contributed by atoms with Crippen LogP contribution in [0.25, 0.3) is 0 Å². The number of urea groups is 1. The molecule has 0 aliphatic carbocycles. The molecule has 8 nitrogen and oxygen atoms in total. The second-order valence-corrected chi connectivity index (χ2v) is 10.1. The molecule has 4 aliphatic rings. The predicted octanol–water partition coefficient (Wildman–Crippen LogP) is 1.71. The van der Waals surface area contributed by atoms with Crippen molar-refractivity contribution in [2.24, 2.45) is 0 Å². The molecule has 1 aromatic carbocycles. The lowest BCUT2D eigenvalue weighted by Gasteiger charge is -2.48. The summed E-state index contributed by atoms with van der Waals surface area (Å²) in [6, 6.07) is 6.47. The minimum Gasteiger partial charge on any atom is -0.372 e. The van der Waals surface area contributed by atoms with Crippen LogP contribution in [-0.4, -0.2) is 96.3 Å². The molecule has 5 rings (SSSR count). The molecule has 0 saturated carbocycles. The molecule has 4 aliphatic heterocycles. The van der Waals surface area contributed by atoms with Crippen LogP contribution in [-0.2, 0) is 14.3 Å². The molecule has 4 saturated heterocycles. The number of hydrogen-bond donors (Lipinski definition) is 1. The van der Waals surface area contributed by atoms with Crippen molar-refractivity contribution in [2.45, 2.75) is 41.9 Å². The van der Waals surface area contributed by atoms with Gasteiger partial charge in [0.15, 0.2) is 0 Å². The molecule has 1 aromatic rings. The molecule has 0 radical (unpaired) electrons. The number of likely N-dealkylation sites (tertiary alicyclic amines) is 2. The maximum atomic E-state index is 13.2. The summed E-state index contributed by atoms with van der Waals surface area (Å²) in [5.74, 6) is -0.342. The fourth-order valence-electron chi connectivity index (χ4n) is 5.01. The Balaban J connectivity index is 1.14. The highest BCUT2D eigenvalue weighted by atomic mass is 32.2. The number of hydrogen-bond acceptors (Lipinski definition) is 6. The van der Waals surface area contributed by atoms with Gasteiger partial charge in [-0.25, -0.2) is 13.5 Å². The first-order valence-electron chi connectivity index (χ1n) is 11.3. The van der Waals surface area contributed by atoms with Gasteiger partial charge >= 0.3 is 6.03 Å². The van der Waals surface area contributed by atoms with Gasteiger partial charge in [-0.15, -0.1) is 0 Å². The molecular weight excluding hydrogens is 435 g/mol. The lowest BCUT2D eigenvalue weighted by atomic mass is 9.90. The van der Waals surface area contributed by atoms with Crippen molar-refractivity contribution in [3.05, 3.63) is 30.1 Å². The molecule has 10 heteroatoms. The molecule has 1 N–H and O–H groups in total. The van der Waals surface area contributed by atoms with Crippen molar-refractivity contribution >= 4 is 23.9 Å². The minimum absolute atomic E-state index is 0.00149. The van der Waals surface area contributed by atoms with E-state index in [9.17, 15) is 14.0 Å². The summed E-state index contributed by atoms with van der Waals surface area (Å²) in [6.07, 6.45) is 2.33. The molecule has 4 heterocycles. The summed E-state index contributed by atoms with van der Waals surface area (Å²) in [5, 5.41) is 2.96. The molecular formula is C22H29FN4O4S. The van der Waals surface area contributed by atoms with E-state index in [1.807, 2.05) is 9.80 Å². The van der Waals surface area contributed by atoms with Gasteiger partial charge in [-0.3, -0.25) is 4.79 Å². The summed E-state index contributed by atoms with van der Waals surface area (Å²) in [4.78, 5) is 29.5. The van der Waals surface area contributed by atoms with Gasteiger partial charge in [0.05, 0.1) is 24.4 Å². The zero-order valence-electron chi connectivity index (χ0n) is 18.0. The smallest absolute Gasteiger partial charge is 0.320 e. The quantitative estimate of drug-likeness (QED) is 0.672. The fraction of sp³-hybridized carbons (Fsp3) is 0.636. The number of amides is 3. The van der Waals surface area contributed by atoms with E-state index in [1.165, 1.54) is 12.1 Å². The Morgan fingerprint density at radius 1 is 1.12 bits per heavy atom. The van der Waals surface area contributed by atoms with Gasteiger partial charge in [0.1, 0.15) is 12.4 Å². The number of morpholine rings is 2. The number of nitrogens with zero attached hydrogens (tertiary/aromatic N) is 3. The van der Waals surface area contributed by atoms with Crippen LogP contribution in [0.5, 0.6) is 0 Å². The van der Waals surface area contributed by atoms with Gasteiger partial charge < -0.3 is 24.6 Å². The molecule has 1 spiro atoms. The molecule has 32 heavy (non-hydrogen) atoms. The van der Waals surface area contributed by atoms with Crippen molar-refractivity contribution in [2.75, 3.05) is 52.5 Å². The third-order valence-corrected chi connectivity index (χ3v) is 7.85. The van der Waals surface area contributed by atoms with Crippen molar-refractivity contribution in [3.8, 4) is 0 Å². The zero-order valence-corrected chi connectivity index (χ0v) is 18.8. The van der Waals surface area contributed by atoms with E-state index in [0.29, 0.717) is 32.8 Å². The monoisotopic (exact) mass is 464 g/mol. The van der Waals surface area contributed by atoms with Crippen LogP contribution in [0.1, 0.15) is 19.3 Å². The number of piperidine rings is 2. The van der Waals surface area contributed by atoms with Crippen LogP contribution in [0.3, 0.4) is 0 Å². The number of benzene rings is 1. The molecule has 174 valence electrons. The van der Waals surface area contributed by atoms with Gasteiger partial charge in [0.25, 0.3) is 0 Å². The largest absolute Gasteiger partial charge is 0.372 e. The Labute approximate surface area is 191 Å². The topological polar surface area (TPSA) is 74.4 Å². The first-order valence-corrected chi connectivity index (χ1v) is 12.0. The van der Waals surface area contributed by atoms with Crippen LogP contribution >= 0.6 is 11.9 Å². The third-order valence-electron chi connectivity index (χ3n) is 6.80. The Hall–Kier alpha value is -1.88. The Bertz CT molecular complexity index is 849. The Morgan fingerprint density at radius 3 is 2.69 bits per heavy atom. The lowest BCUT2D eigenvalue weighted by Crippen LogP contribution is -2.63. The van der Waals surface area contributed by atoms with Gasteiger partial charge in [-0.2, -0.15) is 0 Å². The first-order chi connectivity index (χ1) is 15.5. The van der Waals surface area contributed by atoms with Gasteiger partial charge in [-0.05, 0) is 55.5 Å². The number of carbonyl (C=O) groups excluding carboxylic acids is 2. The van der Waals surface area contributed by atoms with Crippen molar-refractivity contribution in [1.29, 1.82) is 0 Å². The third kappa shape index (κ3) is 4.73. The zero-order chi connectivity index (χ0) is 22.1. The number of halogens is 1. The van der Waals surface area contributed by atoms with E-state index in [1.54, 1.807) is 24.1 Å². The van der Waals surface area contributed by atoms with E-state index in [4.69, 9.17) is 9.47 Å². The Morgan fingerprint density at radius 2 is 1.91 bits per heavy atom. The molecule has 0 aromatic heterocycles. The molecule has 4 fully saturated rings. The maximum absolute atomic E-state index is 13.2. The highest BCUT2D eigenvalue weighted by molar-refractivity contribution is 7.97. The highest BCUT2D eigenvalue weighted by Gasteiger charge is 2.43. The summed E-state index contributed by atoms with van der Waals surface area (Å²) in [5.41, 5.74) is -0.250. The maximum Gasteiger partial charge on any atom is 0.320 e. The van der Waals surface area contributed by atoms with Crippen molar-refractivity contribution < 1.29 is 23.5 Å². The second kappa shape index (κ2) is 9.17. The summed E-state index contributed by atoms with van der Waals surface area (Å²) in [7, 11) is 0. The van der Waals surface area contributed by atoms with E-state index in [2.05, 4.69) is 9.62 Å². The average Bonchev–Trinajstić information content (AvgIpc) is 2.80. The Kier molecular flexibility index (Phi) is 6.28. The predicted molar refractivity (Wildman–Crippen MR) is 117 cm³/mol.